The van der Waals surface area contributed by atoms with E-state index in [0.29, 0.717) is 0 Å². The molecule has 0 aliphatic heterocycles. The lowest BCUT2D eigenvalue weighted by molar-refractivity contribution is 0.585. The molecule has 3 nitrogen and oxygen atoms in total. The highest BCUT2D eigenvalue weighted by Crippen LogP contribution is 2.54. The Morgan fingerprint density at radius 3 is 2.20 bits per heavy atom. The SMILES string of the molecule is CC1C=C2C(=CC1N(c1ccc(-c3cccc4c3sc3ccccc34)cc1)c1ccc3oc4c(-c5cccc6c7c(sc56)CCC=C7)c5c(cc4c3c1)oc1ccccc15)C(C)(C)c1ccccc12. The molecule has 0 amide bonds. The van der Waals surface area contributed by atoms with E-state index in [1.54, 1.807) is 0 Å². The van der Waals surface area contributed by atoms with Crippen molar-refractivity contribution in [2.45, 2.75) is 45.1 Å². The molecule has 330 valence electrons. The van der Waals surface area contributed by atoms with Crippen molar-refractivity contribution < 1.29 is 8.83 Å². The summed E-state index contributed by atoms with van der Waals surface area (Å²) in [6, 6.07) is 58.2. The number of anilines is 2. The average molecular weight is 924 g/mol. The summed E-state index contributed by atoms with van der Waals surface area (Å²) in [6.07, 6.45) is 11.9. The number of hydrogen-bond acceptors (Lipinski definition) is 5. The lowest BCUT2D eigenvalue weighted by atomic mass is 9.77. The van der Waals surface area contributed by atoms with Crippen molar-refractivity contribution in [3.8, 4) is 22.3 Å². The molecule has 0 spiro atoms. The molecular formula is C64H45NO2S2. The van der Waals surface area contributed by atoms with Crippen LogP contribution in [0.2, 0.25) is 0 Å². The van der Waals surface area contributed by atoms with Crippen LogP contribution in [0.3, 0.4) is 0 Å². The van der Waals surface area contributed by atoms with Crippen molar-refractivity contribution in [1.29, 1.82) is 0 Å². The third-order valence-electron chi connectivity index (χ3n) is 15.6. The molecule has 0 saturated heterocycles. The summed E-state index contributed by atoms with van der Waals surface area (Å²) in [7, 11) is 0. The molecule has 0 radical (unpaired) electrons. The number of hydrogen-bond donors (Lipinski definition) is 0. The quantitative estimate of drug-likeness (QED) is 0.172. The molecule has 0 bridgehead atoms. The van der Waals surface area contributed by atoms with E-state index in [2.05, 4.69) is 208 Å². The van der Waals surface area contributed by atoms with Crippen LogP contribution in [0.1, 0.15) is 48.8 Å². The van der Waals surface area contributed by atoms with Gasteiger partial charge in [0.1, 0.15) is 22.3 Å². The molecule has 69 heavy (non-hydrogen) atoms. The van der Waals surface area contributed by atoms with Crippen LogP contribution in [0.4, 0.5) is 11.4 Å². The maximum atomic E-state index is 7.17. The van der Waals surface area contributed by atoms with Gasteiger partial charge in [-0.3, -0.25) is 0 Å². The van der Waals surface area contributed by atoms with Crippen LogP contribution in [-0.2, 0) is 11.8 Å². The highest BCUT2D eigenvalue weighted by atomic mass is 32.1. The number of aryl methyl sites for hydroxylation is 1. The molecule has 3 aliphatic carbocycles. The molecule has 4 heterocycles. The standard InChI is InChI=1S/C64H45NO2S2/c1-36-32-48-41-14-4-8-22-51(41)64(2,3)52(48)35-53(36)65(38-28-26-37(27-29-38)40-18-12-19-44-42-15-6-10-24-57(42)68-62(40)44)39-30-31-55-49(33-39)50-34-56-59(46-17-5-9-23-54(46)66-56)60(61(50)67-55)47-21-13-20-45-43-16-7-11-25-58(43)69-63(45)47/h4-10,12-24,26-36,53H,11,25H2,1-3H3. The first-order chi connectivity index (χ1) is 33.9. The van der Waals surface area contributed by atoms with E-state index in [4.69, 9.17) is 8.83 Å². The van der Waals surface area contributed by atoms with Gasteiger partial charge in [0.2, 0.25) is 0 Å². The number of rotatable bonds is 5. The van der Waals surface area contributed by atoms with E-state index in [1.165, 1.54) is 79.7 Å². The van der Waals surface area contributed by atoms with E-state index in [1.807, 2.05) is 22.7 Å². The van der Waals surface area contributed by atoms with Crippen LogP contribution < -0.4 is 4.90 Å². The van der Waals surface area contributed by atoms with Gasteiger partial charge in [-0.1, -0.05) is 154 Å². The second-order valence-corrected chi connectivity index (χ2v) is 22.0. The zero-order valence-corrected chi connectivity index (χ0v) is 40.1. The predicted molar refractivity (Wildman–Crippen MR) is 295 cm³/mol. The summed E-state index contributed by atoms with van der Waals surface area (Å²) in [6.45, 7) is 7.17. The minimum absolute atomic E-state index is 0.0407. The maximum absolute atomic E-state index is 7.17. The van der Waals surface area contributed by atoms with Gasteiger partial charge in [0, 0.05) is 84.6 Å². The van der Waals surface area contributed by atoms with Crippen LogP contribution in [0.15, 0.2) is 190 Å². The van der Waals surface area contributed by atoms with Crippen molar-refractivity contribution in [2.75, 3.05) is 4.90 Å². The summed E-state index contributed by atoms with van der Waals surface area (Å²) in [5, 5.41) is 8.28. The van der Waals surface area contributed by atoms with Crippen LogP contribution in [0.25, 0.3) is 108 Å². The number of fused-ring (bicyclic) bond motifs is 15. The van der Waals surface area contributed by atoms with E-state index in [-0.39, 0.29) is 17.4 Å². The molecule has 0 fully saturated rings. The first-order valence-electron chi connectivity index (χ1n) is 24.2. The number of benzene rings is 8. The molecule has 8 aromatic carbocycles. The number of thiophene rings is 2. The Labute approximate surface area is 407 Å². The van der Waals surface area contributed by atoms with Gasteiger partial charge in [-0.2, -0.15) is 0 Å². The van der Waals surface area contributed by atoms with Gasteiger partial charge < -0.3 is 13.7 Å². The Kier molecular flexibility index (Phi) is 8.33. The molecular weight excluding hydrogens is 879 g/mol. The van der Waals surface area contributed by atoms with Crippen molar-refractivity contribution in [3.05, 3.63) is 203 Å². The largest absolute Gasteiger partial charge is 0.456 e. The average Bonchev–Trinajstić information content (AvgIpc) is 4.19. The van der Waals surface area contributed by atoms with E-state index < -0.39 is 0 Å². The molecule has 12 aromatic rings. The second kappa shape index (κ2) is 14.5. The molecule has 4 aromatic heterocycles. The van der Waals surface area contributed by atoms with Gasteiger partial charge in [-0.25, -0.2) is 0 Å². The highest BCUT2D eigenvalue weighted by molar-refractivity contribution is 7.26. The molecule has 2 atom stereocenters. The third-order valence-corrected chi connectivity index (χ3v) is 18.1. The number of furan rings is 2. The lowest BCUT2D eigenvalue weighted by Crippen LogP contribution is -2.37. The smallest absolute Gasteiger partial charge is 0.144 e. The normalized spacial score (nSPS) is 17.3. The van der Waals surface area contributed by atoms with E-state index >= 15 is 0 Å². The Morgan fingerprint density at radius 1 is 0.580 bits per heavy atom. The fourth-order valence-electron chi connectivity index (χ4n) is 12.3. The first-order valence-corrected chi connectivity index (χ1v) is 25.9. The van der Waals surface area contributed by atoms with Gasteiger partial charge in [0.05, 0.1) is 6.04 Å². The Bertz CT molecular complexity index is 4260. The minimum atomic E-state index is -0.126. The van der Waals surface area contributed by atoms with Gasteiger partial charge in [-0.15, -0.1) is 22.7 Å². The second-order valence-electron chi connectivity index (χ2n) is 19.8. The fourth-order valence-corrected chi connectivity index (χ4v) is 14.9. The van der Waals surface area contributed by atoms with Crippen LogP contribution >= 0.6 is 22.7 Å². The van der Waals surface area contributed by atoms with Crippen molar-refractivity contribution in [1.82, 2.24) is 0 Å². The summed E-state index contributed by atoms with van der Waals surface area (Å²) in [5.74, 6) is 0.211. The zero-order valence-electron chi connectivity index (χ0n) is 38.5. The maximum Gasteiger partial charge on any atom is 0.144 e. The lowest BCUT2D eigenvalue weighted by Gasteiger charge is -2.39. The van der Waals surface area contributed by atoms with Crippen LogP contribution in [0, 0.1) is 5.92 Å². The third kappa shape index (κ3) is 5.66. The highest BCUT2D eigenvalue weighted by Gasteiger charge is 2.42. The number of allylic oxidation sites excluding steroid dienone is 3. The predicted octanol–water partition coefficient (Wildman–Crippen LogP) is 18.8. The molecule has 15 rings (SSSR count). The molecule has 0 N–H and O–H groups in total. The number of nitrogens with zero attached hydrogens (tertiary/aromatic N) is 1. The van der Waals surface area contributed by atoms with Gasteiger partial charge >= 0.3 is 0 Å². The first kappa shape index (κ1) is 39.5. The molecule has 0 saturated carbocycles. The van der Waals surface area contributed by atoms with Crippen molar-refractivity contribution in [3.63, 3.8) is 0 Å². The van der Waals surface area contributed by atoms with E-state index in [9.17, 15) is 0 Å². The molecule has 3 aliphatic rings. The Balaban J connectivity index is 0.942. The van der Waals surface area contributed by atoms with Gasteiger partial charge in [0.15, 0.2) is 0 Å². The molecule has 2 unspecified atom stereocenters. The Morgan fingerprint density at radius 2 is 1.30 bits per heavy atom. The summed E-state index contributed by atoms with van der Waals surface area (Å²) < 4.78 is 17.9. The number of para-hydroxylation sites is 1. The van der Waals surface area contributed by atoms with Crippen LogP contribution in [-0.4, -0.2) is 6.04 Å². The van der Waals surface area contributed by atoms with Crippen LogP contribution in [0.5, 0.6) is 0 Å². The summed E-state index contributed by atoms with van der Waals surface area (Å²) in [4.78, 5) is 4.04. The topological polar surface area (TPSA) is 29.5 Å². The van der Waals surface area contributed by atoms with E-state index in [0.717, 1.165) is 73.7 Å². The van der Waals surface area contributed by atoms with Crippen molar-refractivity contribution >= 4 is 120 Å². The van der Waals surface area contributed by atoms with Gasteiger partial charge in [-0.05, 0) is 106 Å². The van der Waals surface area contributed by atoms with Gasteiger partial charge in [0.25, 0.3) is 0 Å². The fraction of sp³-hybridized carbons (Fsp3) is 0.125. The Hall–Kier alpha value is -7.44. The summed E-state index contributed by atoms with van der Waals surface area (Å²) >= 11 is 3.82. The monoisotopic (exact) mass is 923 g/mol. The molecule has 5 heteroatoms. The summed E-state index contributed by atoms with van der Waals surface area (Å²) in [5.41, 5.74) is 17.3. The minimum Gasteiger partial charge on any atom is -0.456 e. The zero-order chi connectivity index (χ0) is 45.7. The van der Waals surface area contributed by atoms with Crippen molar-refractivity contribution in [2.24, 2.45) is 5.92 Å².